The normalized spacial score (nSPS) is 12.4. The summed E-state index contributed by atoms with van der Waals surface area (Å²) in [6.45, 7) is 7.10. The second-order valence-electron chi connectivity index (χ2n) is 9.66. The van der Waals surface area contributed by atoms with E-state index in [2.05, 4.69) is 29.6 Å². The van der Waals surface area contributed by atoms with Crippen molar-refractivity contribution in [2.24, 2.45) is 0 Å². The number of benzene rings is 1. The predicted molar refractivity (Wildman–Crippen MR) is 136 cm³/mol. The number of carboxylic acid groups (broad SMARTS) is 1. The highest BCUT2D eigenvalue weighted by atomic mass is 35.5. The van der Waals surface area contributed by atoms with E-state index in [4.69, 9.17) is 16.3 Å². The molecule has 36 heavy (non-hydrogen) atoms. The summed E-state index contributed by atoms with van der Waals surface area (Å²) in [4.78, 5) is 19.6. The minimum Gasteiger partial charge on any atom is -0.478 e. The molecular weight excluding hydrogens is 511 g/mol. The van der Waals surface area contributed by atoms with Crippen molar-refractivity contribution in [3.8, 4) is 22.5 Å². The molecule has 0 bridgehead atoms. The van der Waals surface area contributed by atoms with E-state index in [1.807, 2.05) is 6.07 Å². The van der Waals surface area contributed by atoms with Gasteiger partial charge in [-0.3, -0.25) is 0 Å². The molecule has 4 rings (SSSR count). The minimum absolute atomic E-state index is 0.00594. The van der Waals surface area contributed by atoms with E-state index >= 15 is 0 Å². The molecule has 3 aromatic heterocycles. The van der Waals surface area contributed by atoms with Gasteiger partial charge in [0.2, 0.25) is 0 Å². The third kappa shape index (κ3) is 5.35. The van der Waals surface area contributed by atoms with Crippen LogP contribution in [0.3, 0.4) is 0 Å². The molecule has 6 nitrogen and oxygen atoms in total. The molecular formula is C25H25ClF3N3O3Si. The molecule has 0 fully saturated rings. The average molecular weight is 536 g/mol. The number of ether oxygens (including phenoxy) is 1. The maximum Gasteiger partial charge on any atom is 0.416 e. The van der Waals surface area contributed by atoms with Crippen molar-refractivity contribution in [3.05, 3.63) is 64.9 Å². The van der Waals surface area contributed by atoms with Crippen LogP contribution in [0.5, 0.6) is 0 Å². The lowest BCUT2D eigenvalue weighted by atomic mass is 10.0. The van der Waals surface area contributed by atoms with Crippen LogP contribution in [0.25, 0.3) is 33.5 Å². The molecule has 0 aliphatic rings. The molecule has 0 aliphatic carbocycles. The number of aromatic carboxylic acids is 1. The Morgan fingerprint density at radius 2 is 1.92 bits per heavy atom. The van der Waals surface area contributed by atoms with Gasteiger partial charge < -0.3 is 19.4 Å². The van der Waals surface area contributed by atoms with Gasteiger partial charge in [0.1, 0.15) is 12.4 Å². The standard InChI is InChI=1S/C25H25ClF3N3O3Si/c1-36(2,3)11-10-35-14-32-21(16-6-8-30-23-17(16)7-9-31-23)13-19(24(33)34)22(32)18-5-4-15(12-20(18)26)25(27,28)29/h4-9,12-13H,10-11,14H2,1-3H3,(H,30,31)(H,33,34). The quantitative estimate of drug-likeness (QED) is 0.182. The average Bonchev–Trinajstić information content (AvgIpc) is 3.40. The molecule has 0 spiro atoms. The fourth-order valence-electron chi connectivity index (χ4n) is 3.96. The zero-order chi connectivity index (χ0) is 26.3. The molecule has 4 aromatic rings. The van der Waals surface area contributed by atoms with Crippen LogP contribution < -0.4 is 0 Å². The van der Waals surface area contributed by atoms with E-state index in [0.717, 1.165) is 23.6 Å². The Hall–Kier alpha value is -3.08. The van der Waals surface area contributed by atoms with Crippen molar-refractivity contribution in [2.75, 3.05) is 6.61 Å². The van der Waals surface area contributed by atoms with Crippen LogP contribution in [-0.4, -0.2) is 40.3 Å². The number of pyridine rings is 1. The number of halogens is 4. The van der Waals surface area contributed by atoms with Crippen LogP contribution in [-0.2, 0) is 17.6 Å². The summed E-state index contributed by atoms with van der Waals surface area (Å²) < 4.78 is 47.4. The third-order valence-electron chi connectivity index (χ3n) is 5.83. The summed E-state index contributed by atoms with van der Waals surface area (Å²) in [5.74, 6) is -1.23. The summed E-state index contributed by atoms with van der Waals surface area (Å²) in [6.07, 6.45) is -1.25. The number of hydrogen-bond donors (Lipinski definition) is 2. The van der Waals surface area contributed by atoms with Crippen molar-refractivity contribution in [3.63, 3.8) is 0 Å². The molecule has 0 aliphatic heterocycles. The number of carboxylic acids is 1. The van der Waals surface area contributed by atoms with Gasteiger partial charge in [-0.1, -0.05) is 37.3 Å². The Morgan fingerprint density at radius 1 is 1.17 bits per heavy atom. The van der Waals surface area contributed by atoms with Gasteiger partial charge in [-0.15, -0.1) is 0 Å². The van der Waals surface area contributed by atoms with Crippen LogP contribution in [0.2, 0.25) is 30.7 Å². The van der Waals surface area contributed by atoms with Crippen molar-refractivity contribution in [2.45, 2.75) is 38.6 Å². The highest BCUT2D eigenvalue weighted by Gasteiger charge is 2.32. The maximum absolute atomic E-state index is 13.3. The second-order valence-corrected chi connectivity index (χ2v) is 15.7. The first-order chi connectivity index (χ1) is 16.9. The predicted octanol–water partition coefficient (Wildman–Crippen LogP) is 7.38. The number of hydrogen-bond acceptors (Lipinski definition) is 3. The van der Waals surface area contributed by atoms with Gasteiger partial charge in [0.25, 0.3) is 0 Å². The van der Waals surface area contributed by atoms with E-state index in [9.17, 15) is 23.1 Å². The number of rotatable bonds is 8. The van der Waals surface area contributed by atoms with E-state index in [-0.39, 0.29) is 28.6 Å². The molecule has 11 heteroatoms. The first-order valence-corrected chi connectivity index (χ1v) is 15.3. The smallest absolute Gasteiger partial charge is 0.416 e. The zero-order valence-corrected chi connectivity index (χ0v) is 21.7. The van der Waals surface area contributed by atoms with E-state index in [1.165, 1.54) is 12.1 Å². The largest absolute Gasteiger partial charge is 0.478 e. The van der Waals surface area contributed by atoms with Gasteiger partial charge in [0, 0.05) is 43.6 Å². The molecule has 0 saturated heterocycles. The van der Waals surface area contributed by atoms with E-state index in [0.29, 0.717) is 23.5 Å². The molecule has 0 atom stereocenters. The minimum atomic E-state index is -4.58. The summed E-state index contributed by atoms with van der Waals surface area (Å²) in [7, 11) is -1.39. The highest BCUT2D eigenvalue weighted by molar-refractivity contribution is 6.76. The van der Waals surface area contributed by atoms with Crippen LogP contribution in [0.15, 0.2) is 48.8 Å². The van der Waals surface area contributed by atoms with Crippen molar-refractivity contribution in [1.82, 2.24) is 14.5 Å². The van der Waals surface area contributed by atoms with Crippen LogP contribution in [0.4, 0.5) is 13.2 Å². The maximum atomic E-state index is 13.3. The van der Waals surface area contributed by atoms with Gasteiger partial charge in [0.05, 0.1) is 27.5 Å². The first kappa shape index (κ1) is 26.0. The Morgan fingerprint density at radius 3 is 2.56 bits per heavy atom. The number of alkyl halides is 3. The topological polar surface area (TPSA) is 80.1 Å². The molecule has 1 aromatic carbocycles. The number of aromatic amines is 1. The lowest BCUT2D eigenvalue weighted by molar-refractivity contribution is -0.137. The lowest BCUT2D eigenvalue weighted by Gasteiger charge is -2.19. The molecule has 0 amide bonds. The number of fused-ring (bicyclic) bond motifs is 1. The molecule has 0 saturated carbocycles. The first-order valence-electron chi connectivity index (χ1n) is 11.2. The van der Waals surface area contributed by atoms with Gasteiger partial charge in [-0.25, -0.2) is 9.78 Å². The Kier molecular flexibility index (Phi) is 7.05. The van der Waals surface area contributed by atoms with Crippen LogP contribution >= 0.6 is 11.6 Å². The van der Waals surface area contributed by atoms with Crippen LogP contribution in [0, 0.1) is 0 Å². The highest BCUT2D eigenvalue weighted by Crippen LogP contribution is 2.40. The summed E-state index contributed by atoms with van der Waals surface area (Å²) in [6, 6.07) is 8.88. The number of H-pyrrole nitrogens is 1. The van der Waals surface area contributed by atoms with Gasteiger partial charge in [-0.2, -0.15) is 13.2 Å². The Labute approximate surface area is 211 Å². The molecule has 2 N–H and O–H groups in total. The van der Waals surface area contributed by atoms with Gasteiger partial charge in [-0.05, 0) is 36.4 Å². The summed E-state index contributed by atoms with van der Waals surface area (Å²) in [5.41, 5.74) is 1.17. The van der Waals surface area contributed by atoms with E-state index < -0.39 is 25.8 Å². The summed E-state index contributed by atoms with van der Waals surface area (Å²) >= 11 is 6.32. The monoisotopic (exact) mass is 535 g/mol. The molecule has 3 heterocycles. The Bertz CT molecular complexity index is 1420. The van der Waals surface area contributed by atoms with Crippen molar-refractivity contribution >= 4 is 36.7 Å². The van der Waals surface area contributed by atoms with E-state index in [1.54, 1.807) is 23.0 Å². The van der Waals surface area contributed by atoms with Crippen molar-refractivity contribution in [1.29, 1.82) is 0 Å². The second kappa shape index (κ2) is 9.76. The fraction of sp³-hybridized carbons (Fsp3) is 0.280. The number of carbonyl (C=O) groups is 1. The number of nitrogens with zero attached hydrogens (tertiary/aromatic N) is 2. The number of aromatic nitrogens is 3. The van der Waals surface area contributed by atoms with Gasteiger partial charge in [0.15, 0.2) is 0 Å². The SMILES string of the molecule is C[Si](C)(C)CCOCn1c(-c2ccnc3[nH]ccc23)cc(C(=O)O)c1-c1ccc(C(F)(F)F)cc1Cl. The Balaban J connectivity index is 1.91. The lowest BCUT2D eigenvalue weighted by Crippen LogP contribution is -2.22. The molecule has 0 unspecified atom stereocenters. The third-order valence-corrected chi connectivity index (χ3v) is 7.85. The molecule has 190 valence electrons. The van der Waals surface area contributed by atoms with Crippen LogP contribution in [0.1, 0.15) is 15.9 Å². The van der Waals surface area contributed by atoms with Gasteiger partial charge >= 0.3 is 12.1 Å². The zero-order valence-electron chi connectivity index (χ0n) is 19.9. The fourth-order valence-corrected chi connectivity index (χ4v) is 4.99. The van der Waals surface area contributed by atoms with Crippen molar-refractivity contribution < 1.29 is 27.8 Å². The molecule has 0 radical (unpaired) electrons. The summed E-state index contributed by atoms with van der Waals surface area (Å²) in [5, 5.41) is 10.6. The number of nitrogens with one attached hydrogen (secondary N) is 1.